The van der Waals surface area contributed by atoms with Gasteiger partial charge >= 0.3 is 6.03 Å². The van der Waals surface area contributed by atoms with Gasteiger partial charge in [0.2, 0.25) is 0 Å². The van der Waals surface area contributed by atoms with Gasteiger partial charge in [-0.15, -0.1) is 0 Å². The molecule has 10 nitrogen and oxygen atoms in total. The number of fused-ring (bicyclic) bond motifs is 2. The summed E-state index contributed by atoms with van der Waals surface area (Å²) in [5.41, 5.74) is 5.10. The molecule has 2 aliphatic rings. The van der Waals surface area contributed by atoms with Crippen molar-refractivity contribution in [3.8, 4) is 0 Å². The van der Waals surface area contributed by atoms with Gasteiger partial charge in [-0.3, -0.25) is 14.7 Å². The van der Waals surface area contributed by atoms with Gasteiger partial charge in [-0.05, 0) is 49.7 Å². The number of urea groups is 1. The number of aryl methyl sites for hydroxylation is 2. The van der Waals surface area contributed by atoms with E-state index in [9.17, 15) is 9.59 Å². The molecule has 2 aliphatic heterocycles. The number of amides is 3. The Kier molecular flexibility index (Phi) is 6.64. The lowest BCUT2D eigenvalue weighted by Crippen LogP contribution is -2.48. The van der Waals surface area contributed by atoms with Gasteiger partial charge in [0.05, 0.1) is 11.7 Å². The van der Waals surface area contributed by atoms with Crippen LogP contribution in [0.5, 0.6) is 0 Å². The fraction of sp³-hybridized carbons (Fsp3) is 0.241. The number of carbonyl (C=O) groups excluding carboxylic acids is 2. The maximum absolute atomic E-state index is 15.2. The number of hydrogen-bond acceptors (Lipinski definition) is 7. The van der Waals surface area contributed by atoms with E-state index in [4.69, 9.17) is 4.52 Å². The van der Waals surface area contributed by atoms with Crippen LogP contribution >= 0.6 is 0 Å². The number of nitrogens with one attached hydrogen (secondary N) is 3. The summed E-state index contributed by atoms with van der Waals surface area (Å²) in [5.74, 6) is -0.0728. The molecule has 1 atom stereocenters. The Morgan fingerprint density at radius 2 is 1.85 bits per heavy atom. The van der Waals surface area contributed by atoms with Crippen molar-refractivity contribution >= 4 is 34.7 Å². The third kappa shape index (κ3) is 4.75. The second kappa shape index (κ2) is 10.4. The third-order valence-corrected chi connectivity index (χ3v) is 7.39. The average molecular weight is 542 g/mol. The van der Waals surface area contributed by atoms with Crippen molar-refractivity contribution in [2.24, 2.45) is 0 Å². The van der Waals surface area contributed by atoms with Crippen molar-refractivity contribution in [2.45, 2.75) is 19.9 Å². The highest BCUT2D eigenvalue weighted by molar-refractivity contribution is 6.07. The van der Waals surface area contributed by atoms with Gasteiger partial charge in [0.15, 0.2) is 5.76 Å². The molecule has 1 unspecified atom stereocenters. The molecule has 4 heterocycles. The molecule has 0 saturated carbocycles. The molecule has 204 valence electrons. The first-order valence-electron chi connectivity index (χ1n) is 13.0. The summed E-state index contributed by atoms with van der Waals surface area (Å²) in [6, 6.07) is 13.5. The lowest BCUT2D eigenvalue weighted by atomic mass is 9.94. The Balaban J connectivity index is 1.16. The molecule has 1 fully saturated rings. The minimum absolute atomic E-state index is 0.139. The maximum atomic E-state index is 15.2. The second-order valence-electron chi connectivity index (χ2n) is 9.87. The topological polar surface area (TPSA) is 116 Å². The van der Waals surface area contributed by atoms with Crippen LogP contribution in [0, 0.1) is 19.7 Å². The van der Waals surface area contributed by atoms with E-state index in [-0.39, 0.29) is 11.9 Å². The molecule has 0 radical (unpaired) electrons. The molecular formula is C29H28FN7O3. The van der Waals surface area contributed by atoms with Gasteiger partial charge in [0, 0.05) is 61.1 Å². The normalized spacial score (nSPS) is 16.9. The molecule has 2 aromatic heterocycles. The quantitative estimate of drug-likeness (QED) is 0.335. The van der Waals surface area contributed by atoms with E-state index in [1.54, 1.807) is 32.2 Å². The number of nitrogens with zero attached hydrogens (tertiary/aromatic N) is 4. The van der Waals surface area contributed by atoms with Crippen LogP contribution in [0.25, 0.3) is 0 Å². The maximum Gasteiger partial charge on any atom is 0.323 e. The third-order valence-electron chi connectivity index (χ3n) is 7.39. The minimum atomic E-state index is -0.512. The first-order chi connectivity index (χ1) is 19.4. The van der Waals surface area contributed by atoms with Crippen LogP contribution in [0.2, 0.25) is 0 Å². The monoisotopic (exact) mass is 541 g/mol. The number of carbonyl (C=O) groups is 2. The van der Waals surface area contributed by atoms with E-state index in [1.165, 1.54) is 6.07 Å². The van der Waals surface area contributed by atoms with Crippen molar-refractivity contribution in [3.05, 3.63) is 94.9 Å². The number of rotatable bonds is 4. The van der Waals surface area contributed by atoms with Gasteiger partial charge in [-0.25, -0.2) is 9.18 Å². The lowest BCUT2D eigenvalue weighted by molar-refractivity contribution is 0.102. The van der Waals surface area contributed by atoms with Crippen molar-refractivity contribution < 1.29 is 18.5 Å². The molecule has 3 amide bonds. The number of benzene rings is 2. The van der Waals surface area contributed by atoms with E-state index in [0.717, 1.165) is 16.8 Å². The summed E-state index contributed by atoms with van der Waals surface area (Å²) in [6.45, 7) is 5.91. The van der Waals surface area contributed by atoms with Crippen molar-refractivity contribution in [2.75, 3.05) is 47.0 Å². The standard InChI is InChI=1S/C29H28FN7O3/c1-17-26(18(2)40-35-17)34-29(39)32-19-7-8-25(23(30)15-19)36-11-13-37(14-12-36)27-20-5-3-4-6-21(20)28(38)33-24-9-10-31-16-22(24)27/h3-10,15-16,27H,11-14H2,1-2H3,(H,33,38)(H2,32,34,39). The highest BCUT2D eigenvalue weighted by Crippen LogP contribution is 2.38. The second-order valence-corrected chi connectivity index (χ2v) is 9.87. The predicted molar refractivity (Wildman–Crippen MR) is 149 cm³/mol. The first kappa shape index (κ1) is 25.5. The highest BCUT2D eigenvalue weighted by Gasteiger charge is 2.34. The number of anilines is 4. The molecule has 2 aromatic carbocycles. The van der Waals surface area contributed by atoms with Crippen LogP contribution in [0.15, 0.2) is 65.4 Å². The van der Waals surface area contributed by atoms with Crippen molar-refractivity contribution in [3.63, 3.8) is 0 Å². The van der Waals surface area contributed by atoms with Crippen molar-refractivity contribution in [1.29, 1.82) is 0 Å². The summed E-state index contributed by atoms with van der Waals surface area (Å²) in [5, 5.41) is 12.2. The smallest absolute Gasteiger partial charge is 0.323 e. The summed E-state index contributed by atoms with van der Waals surface area (Å²) in [4.78, 5) is 34.0. The van der Waals surface area contributed by atoms with E-state index in [0.29, 0.717) is 60.3 Å². The van der Waals surface area contributed by atoms with E-state index in [1.807, 2.05) is 41.4 Å². The molecule has 0 spiro atoms. The zero-order chi connectivity index (χ0) is 27.8. The lowest BCUT2D eigenvalue weighted by Gasteiger charge is -2.40. The summed E-state index contributed by atoms with van der Waals surface area (Å²) < 4.78 is 20.3. The molecule has 40 heavy (non-hydrogen) atoms. The Bertz CT molecular complexity index is 1580. The fourth-order valence-electron chi connectivity index (χ4n) is 5.43. The van der Waals surface area contributed by atoms with E-state index < -0.39 is 11.8 Å². The summed E-state index contributed by atoms with van der Waals surface area (Å²) in [6.07, 6.45) is 3.48. The van der Waals surface area contributed by atoms with Gasteiger partial charge in [0.1, 0.15) is 17.2 Å². The number of aromatic nitrogens is 2. The average Bonchev–Trinajstić information content (AvgIpc) is 3.20. The first-order valence-corrected chi connectivity index (χ1v) is 13.0. The minimum Gasteiger partial charge on any atom is -0.367 e. The number of halogens is 1. The van der Waals surface area contributed by atoms with E-state index >= 15 is 4.39 Å². The molecular weight excluding hydrogens is 513 g/mol. The highest BCUT2D eigenvalue weighted by atomic mass is 19.1. The molecule has 11 heteroatoms. The number of piperazine rings is 1. The van der Waals surface area contributed by atoms with Gasteiger partial charge < -0.3 is 25.4 Å². The molecule has 1 saturated heterocycles. The zero-order valence-corrected chi connectivity index (χ0v) is 22.1. The summed E-state index contributed by atoms with van der Waals surface area (Å²) in [7, 11) is 0. The largest absolute Gasteiger partial charge is 0.367 e. The Labute approximate surface area is 230 Å². The van der Waals surface area contributed by atoms with Crippen LogP contribution < -0.4 is 20.9 Å². The number of pyridine rings is 1. The van der Waals surface area contributed by atoms with Crippen LogP contribution in [0.1, 0.15) is 39.0 Å². The van der Waals surface area contributed by atoms with Crippen molar-refractivity contribution in [1.82, 2.24) is 15.0 Å². The van der Waals surface area contributed by atoms with Crippen LogP contribution in [0.4, 0.5) is 31.9 Å². The summed E-state index contributed by atoms with van der Waals surface area (Å²) >= 11 is 0. The molecule has 3 N–H and O–H groups in total. The van der Waals surface area contributed by atoms with Gasteiger partial charge in [-0.2, -0.15) is 0 Å². The molecule has 4 aromatic rings. The SMILES string of the molecule is Cc1noc(C)c1NC(=O)Nc1ccc(N2CCN(C3c4cnccc4NC(=O)c4ccccc43)CC2)c(F)c1. The molecule has 0 bridgehead atoms. The zero-order valence-electron chi connectivity index (χ0n) is 22.1. The fourth-order valence-corrected chi connectivity index (χ4v) is 5.43. The van der Waals surface area contributed by atoms with Crippen LogP contribution in [-0.4, -0.2) is 53.2 Å². The Hall–Kier alpha value is -4.77. The molecule has 6 rings (SSSR count). The van der Waals surface area contributed by atoms with Gasteiger partial charge in [-0.1, -0.05) is 23.4 Å². The van der Waals surface area contributed by atoms with Crippen LogP contribution in [-0.2, 0) is 0 Å². The van der Waals surface area contributed by atoms with Gasteiger partial charge in [0.25, 0.3) is 5.91 Å². The van der Waals surface area contributed by atoms with E-state index in [2.05, 4.69) is 31.0 Å². The predicted octanol–water partition coefficient (Wildman–Crippen LogP) is 4.95. The Morgan fingerprint density at radius 1 is 1.05 bits per heavy atom. The Morgan fingerprint density at radius 3 is 2.60 bits per heavy atom. The molecule has 0 aliphatic carbocycles. The van der Waals surface area contributed by atoms with Crippen LogP contribution in [0.3, 0.4) is 0 Å². The number of hydrogen-bond donors (Lipinski definition) is 3.